The Bertz CT molecular complexity index is 142. The van der Waals surface area contributed by atoms with Gasteiger partial charge in [-0.25, -0.2) is 0 Å². The molecule has 7 heavy (non-hydrogen) atoms. The van der Waals surface area contributed by atoms with Crippen LogP contribution in [-0.4, -0.2) is 17.5 Å². The molecule has 34 valence electrons. The van der Waals surface area contributed by atoms with Crippen molar-refractivity contribution in [2.75, 3.05) is 5.84 Å². The van der Waals surface area contributed by atoms with E-state index in [9.17, 15) is 0 Å². The summed E-state index contributed by atoms with van der Waals surface area (Å²) in [6, 6.07) is 0. The van der Waals surface area contributed by atoms with Gasteiger partial charge < -0.3 is 5.84 Å². The Balaban J connectivity index is 3.12. The summed E-state index contributed by atoms with van der Waals surface area (Å²) in [5.41, 5.74) is 0.333. The van der Waals surface area contributed by atoms with Crippen LogP contribution in [0.2, 0.25) is 0 Å². The largest absolute Gasteiger partial charge is 0.339 e. The molecule has 0 saturated carbocycles. The van der Waals surface area contributed by atoms with Crippen molar-refractivity contribution in [1.82, 2.24) is 9.66 Å². The number of hydrogen-bond donors (Lipinski definition) is 1. The summed E-state index contributed by atoms with van der Waals surface area (Å²) in [6.45, 7) is 0. The number of imidazole rings is 1. The van der Waals surface area contributed by atoms with Crippen molar-refractivity contribution in [2.45, 2.75) is 0 Å². The van der Waals surface area contributed by atoms with E-state index in [-0.39, 0.29) is 0 Å². The van der Waals surface area contributed by atoms with Crippen molar-refractivity contribution < 1.29 is 0 Å². The van der Waals surface area contributed by atoms with Crippen molar-refractivity contribution >= 4 is 13.6 Å². The molecule has 1 heterocycles. The van der Waals surface area contributed by atoms with E-state index in [4.69, 9.17) is 13.7 Å². The van der Waals surface area contributed by atoms with Crippen molar-refractivity contribution in [1.29, 1.82) is 0 Å². The fourth-order valence-electron chi connectivity index (χ4n) is 0.325. The second-order valence-corrected chi connectivity index (χ2v) is 1.19. The van der Waals surface area contributed by atoms with Gasteiger partial charge in [0.15, 0.2) is 7.85 Å². The third kappa shape index (κ3) is 0.583. The SMILES string of the molecule is [B]c1nccn1N. The average molecular weight is 92.9 g/mol. The molecule has 0 aliphatic rings. The number of hydrogen-bond acceptors (Lipinski definition) is 2. The minimum Gasteiger partial charge on any atom is -0.339 e. The molecule has 3 nitrogen and oxygen atoms in total. The minimum atomic E-state index is 0.333. The smallest absolute Gasteiger partial charge is 0.170 e. The van der Waals surface area contributed by atoms with E-state index in [0.29, 0.717) is 5.72 Å². The Kier molecular flexibility index (Phi) is 0.783. The lowest BCUT2D eigenvalue weighted by Gasteiger charge is -1.89. The predicted molar refractivity (Wildman–Crippen MR) is 27.8 cm³/mol. The predicted octanol–water partition coefficient (Wildman–Crippen LogP) is -1.61. The maximum atomic E-state index is 5.17. The standard InChI is InChI=1S/C3H4BN3/c4-3-6-1-2-7(3)5/h1-2H,5H2. The van der Waals surface area contributed by atoms with Gasteiger partial charge in [0.05, 0.1) is 5.72 Å². The maximum Gasteiger partial charge on any atom is 0.170 e. The molecule has 2 radical (unpaired) electrons. The summed E-state index contributed by atoms with van der Waals surface area (Å²) in [5.74, 6) is 5.17. The molecule has 0 spiro atoms. The molecule has 0 amide bonds. The number of rotatable bonds is 0. The van der Waals surface area contributed by atoms with Gasteiger partial charge in [0.2, 0.25) is 0 Å². The van der Waals surface area contributed by atoms with Gasteiger partial charge in [0.25, 0.3) is 0 Å². The van der Waals surface area contributed by atoms with Crippen LogP contribution >= 0.6 is 0 Å². The van der Waals surface area contributed by atoms with Crippen LogP contribution in [0.4, 0.5) is 0 Å². The summed E-state index contributed by atoms with van der Waals surface area (Å²) < 4.78 is 1.25. The topological polar surface area (TPSA) is 43.8 Å². The summed E-state index contributed by atoms with van der Waals surface area (Å²) in [5, 5.41) is 0. The Hall–Kier alpha value is -0.925. The molecule has 1 aromatic heterocycles. The molecule has 0 bridgehead atoms. The Morgan fingerprint density at radius 1 is 1.86 bits per heavy atom. The van der Waals surface area contributed by atoms with Gasteiger partial charge in [0, 0.05) is 12.4 Å². The molecular weight excluding hydrogens is 88.9 g/mol. The lowest BCUT2D eigenvalue weighted by Crippen LogP contribution is -2.24. The molecule has 0 unspecified atom stereocenters. The van der Waals surface area contributed by atoms with Gasteiger partial charge in [-0.15, -0.1) is 0 Å². The van der Waals surface area contributed by atoms with Crippen LogP contribution in [0.5, 0.6) is 0 Å². The van der Waals surface area contributed by atoms with Gasteiger partial charge >= 0.3 is 0 Å². The van der Waals surface area contributed by atoms with Crippen molar-refractivity contribution in [3.63, 3.8) is 0 Å². The van der Waals surface area contributed by atoms with Crippen LogP contribution in [0.1, 0.15) is 0 Å². The third-order valence-electron chi connectivity index (χ3n) is 0.699. The van der Waals surface area contributed by atoms with Gasteiger partial charge in [-0.1, -0.05) is 0 Å². The first-order chi connectivity index (χ1) is 3.30. The minimum absolute atomic E-state index is 0.333. The molecule has 0 aromatic carbocycles. The van der Waals surface area contributed by atoms with E-state index in [1.54, 1.807) is 6.20 Å². The Labute approximate surface area is 42.5 Å². The van der Waals surface area contributed by atoms with Crippen LogP contribution in [-0.2, 0) is 0 Å². The maximum absolute atomic E-state index is 5.17. The summed E-state index contributed by atoms with van der Waals surface area (Å²) >= 11 is 0. The van der Waals surface area contributed by atoms with E-state index in [1.165, 1.54) is 10.9 Å². The van der Waals surface area contributed by atoms with Crippen LogP contribution in [0, 0.1) is 0 Å². The van der Waals surface area contributed by atoms with E-state index < -0.39 is 0 Å². The van der Waals surface area contributed by atoms with Crippen LogP contribution in [0.3, 0.4) is 0 Å². The normalized spacial score (nSPS) is 9.14. The van der Waals surface area contributed by atoms with Crippen molar-refractivity contribution in [2.24, 2.45) is 0 Å². The fraction of sp³-hybridized carbons (Fsp3) is 0. The second kappa shape index (κ2) is 1.29. The van der Waals surface area contributed by atoms with Crippen LogP contribution in [0.25, 0.3) is 0 Å². The lowest BCUT2D eigenvalue weighted by molar-refractivity contribution is 1.05. The fourth-order valence-corrected chi connectivity index (χ4v) is 0.325. The first-order valence-electron chi connectivity index (χ1n) is 1.84. The highest BCUT2D eigenvalue weighted by Crippen LogP contribution is 1.66. The molecule has 0 aliphatic carbocycles. The zero-order chi connectivity index (χ0) is 5.28. The van der Waals surface area contributed by atoms with E-state index in [2.05, 4.69) is 4.98 Å². The zero-order valence-electron chi connectivity index (χ0n) is 3.70. The highest BCUT2D eigenvalue weighted by molar-refractivity contribution is 6.29. The van der Waals surface area contributed by atoms with E-state index >= 15 is 0 Å². The summed E-state index contributed by atoms with van der Waals surface area (Å²) in [7, 11) is 5.17. The van der Waals surface area contributed by atoms with E-state index in [1.807, 2.05) is 0 Å². The summed E-state index contributed by atoms with van der Waals surface area (Å²) in [4.78, 5) is 3.63. The number of nitrogen functional groups attached to an aromatic ring is 1. The highest BCUT2D eigenvalue weighted by atomic mass is 15.3. The second-order valence-electron chi connectivity index (χ2n) is 1.19. The summed E-state index contributed by atoms with van der Waals surface area (Å²) in [6.07, 6.45) is 3.12. The molecule has 0 aliphatic heterocycles. The Morgan fingerprint density at radius 2 is 2.57 bits per heavy atom. The lowest BCUT2D eigenvalue weighted by atomic mass is 10.1. The molecule has 1 rings (SSSR count). The number of nitrogens with zero attached hydrogens (tertiary/aromatic N) is 2. The van der Waals surface area contributed by atoms with Crippen molar-refractivity contribution in [3.8, 4) is 0 Å². The number of nitrogens with two attached hydrogens (primary N) is 1. The molecule has 2 N–H and O–H groups in total. The average Bonchev–Trinajstić information content (AvgIpc) is 1.91. The van der Waals surface area contributed by atoms with Crippen LogP contribution in [0.15, 0.2) is 12.4 Å². The third-order valence-corrected chi connectivity index (χ3v) is 0.699. The van der Waals surface area contributed by atoms with Gasteiger partial charge in [-0.2, -0.15) is 0 Å². The molecule has 4 heteroatoms. The number of aromatic nitrogens is 2. The van der Waals surface area contributed by atoms with Gasteiger partial charge in [-0.05, 0) is 0 Å². The molecule has 0 fully saturated rings. The van der Waals surface area contributed by atoms with Crippen LogP contribution < -0.4 is 11.6 Å². The highest BCUT2D eigenvalue weighted by Gasteiger charge is 1.84. The monoisotopic (exact) mass is 93.0 g/mol. The zero-order valence-corrected chi connectivity index (χ0v) is 3.70. The van der Waals surface area contributed by atoms with Gasteiger partial charge in [0.1, 0.15) is 0 Å². The molecule has 0 atom stereocenters. The first-order valence-corrected chi connectivity index (χ1v) is 1.84. The van der Waals surface area contributed by atoms with E-state index in [0.717, 1.165) is 0 Å². The Morgan fingerprint density at radius 3 is 2.71 bits per heavy atom. The first kappa shape index (κ1) is 4.24. The van der Waals surface area contributed by atoms with Gasteiger partial charge in [-0.3, -0.25) is 9.66 Å². The molecule has 0 saturated heterocycles. The molecule has 1 aromatic rings. The quantitative estimate of drug-likeness (QED) is 0.309. The van der Waals surface area contributed by atoms with Crippen molar-refractivity contribution in [3.05, 3.63) is 12.4 Å². The molecular formula is C3H4BN3.